The van der Waals surface area contributed by atoms with Crippen molar-refractivity contribution in [3.63, 3.8) is 0 Å². The number of carbonyl (C=O) groups excluding carboxylic acids is 1. The summed E-state index contributed by atoms with van der Waals surface area (Å²) in [4.78, 5) is 12.2. The van der Waals surface area contributed by atoms with Crippen molar-refractivity contribution in [3.05, 3.63) is 59.2 Å². The molecular formula is C14H7NOSe. The molecule has 0 N–H and O–H groups in total. The second-order valence-electron chi connectivity index (χ2n) is 3.78. The van der Waals surface area contributed by atoms with Crippen LogP contribution in [0.5, 0.6) is 0 Å². The van der Waals surface area contributed by atoms with Gasteiger partial charge in [-0.05, 0) is 0 Å². The number of hydrogen-bond donors (Lipinski definition) is 0. The summed E-state index contributed by atoms with van der Waals surface area (Å²) in [6.45, 7) is 0. The van der Waals surface area contributed by atoms with E-state index in [0.29, 0.717) is 26.1 Å². The van der Waals surface area contributed by atoms with Crippen molar-refractivity contribution in [2.45, 2.75) is 0 Å². The van der Waals surface area contributed by atoms with Gasteiger partial charge in [-0.25, -0.2) is 0 Å². The van der Waals surface area contributed by atoms with Gasteiger partial charge in [0.15, 0.2) is 0 Å². The van der Waals surface area contributed by atoms with Crippen LogP contribution in [-0.2, 0) is 0 Å². The zero-order valence-electron chi connectivity index (χ0n) is 8.81. The number of nitrogens with zero attached hydrogens (tertiary/aromatic N) is 1. The van der Waals surface area contributed by atoms with Crippen molar-refractivity contribution in [1.29, 1.82) is 5.26 Å². The molecule has 2 bridgehead atoms. The van der Waals surface area contributed by atoms with E-state index in [1.165, 1.54) is 8.92 Å². The third-order valence-corrected chi connectivity index (χ3v) is 4.90. The topological polar surface area (TPSA) is 40.9 Å². The zero-order chi connectivity index (χ0) is 11.8. The Morgan fingerprint density at radius 1 is 1.12 bits per heavy atom. The van der Waals surface area contributed by atoms with E-state index in [4.69, 9.17) is 5.26 Å². The van der Waals surface area contributed by atoms with Gasteiger partial charge in [0, 0.05) is 0 Å². The van der Waals surface area contributed by atoms with Crippen LogP contribution in [0.25, 0.3) is 0 Å². The summed E-state index contributed by atoms with van der Waals surface area (Å²) in [6, 6.07) is 14.8. The molecule has 2 nitrogen and oxygen atoms in total. The Morgan fingerprint density at radius 3 is 2.35 bits per heavy atom. The van der Waals surface area contributed by atoms with Crippen molar-refractivity contribution in [2.75, 3.05) is 0 Å². The Labute approximate surface area is 105 Å². The van der Waals surface area contributed by atoms with E-state index >= 15 is 0 Å². The van der Waals surface area contributed by atoms with Gasteiger partial charge in [0.1, 0.15) is 0 Å². The van der Waals surface area contributed by atoms with Gasteiger partial charge in [0.2, 0.25) is 0 Å². The minimum atomic E-state index is 0.0533. The molecule has 80 valence electrons. The molecule has 2 aliphatic heterocycles. The van der Waals surface area contributed by atoms with Crippen molar-refractivity contribution >= 4 is 29.7 Å². The van der Waals surface area contributed by atoms with Crippen LogP contribution < -0.4 is 8.92 Å². The average molecular weight is 284 g/mol. The fraction of sp³-hybridized carbons (Fsp3) is 0. The summed E-state index contributed by atoms with van der Waals surface area (Å²) in [5.41, 5.74) is 2.04. The van der Waals surface area contributed by atoms with Crippen LogP contribution >= 0.6 is 0 Å². The maximum atomic E-state index is 12.2. The molecule has 0 saturated heterocycles. The van der Waals surface area contributed by atoms with Gasteiger partial charge < -0.3 is 0 Å². The average Bonchev–Trinajstić information content (AvgIpc) is 2.37. The number of fused-ring (bicyclic) bond motifs is 2. The van der Waals surface area contributed by atoms with Gasteiger partial charge in [0.05, 0.1) is 0 Å². The van der Waals surface area contributed by atoms with Gasteiger partial charge in [-0.1, -0.05) is 0 Å². The molecule has 0 aromatic heterocycles. The van der Waals surface area contributed by atoms with Crippen LogP contribution in [0.2, 0.25) is 0 Å². The first kappa shape index (κ1) is 10.3. The van der Waals surface area contributed by atoms with E-state index in [1.807, 2.05) is 18.2 Å². The third-order valence-electron chi connectivity index (χ3n) is 2.70. The van der Waals surface area contributed by atoms with Crippen molar-refractivity contribution in [3.8, 4) is 6.07 Å². The van der Waals surface area contributed by atoms with Gasteiger partial charge in [0.25, 0.3) is 0 Å². The first-order chi connectivity index (χ1) is 8.28. The fourth-order valence-corrected chi connectivity index (χ4v) is 3.52. The van der Waals surface area contributed by atoms with Crippen LogP contribution in [0, 0.1) is 11.3 Å². The van der Waals surface area contributed by atoms with E-state index in [0.717, 1.165) is 5.56 Å². The number of benzene rings is 2. The molecule has 0 spiro atoms. The number of nitriles is 1. The van der Waals surface area contributed by atoms with Crippen LogP contribution in [0.1, 0.15) is 21.5 Å². The number of carbonyl (C=O) groups is 1. The van der Waals surface area contributed by atoms with Crippen LogP contribution in [-0.4, -0.2) is 20.7 Å². The third kappa shape index (κ3) is 1.68. The SMILES string of the molecule is N#Cc1ccc(C(=O)c2ccc3cc2[Se]3)cc1. The van der Waals surface area contributed by atoms with E-state index in [9.17, 15) is 4.79 Å². The summed E-state index contributed by atoms with van der Waals surface area (Å²) in [6.07, 6.45) is 0. The molecule has 0 unspecified atom stereocenters. The Balaban J connectivity index is 1.97. The molecule has 17 heavy (non-hydrogen) atoms. The molecule has 2 aromatic carbocycles. The molecule has 0 fully saturated rings. The summed E-state index contributed by atoms with van der Waals surface area (Å²) < 4.78 is 2.54. The number of rotatable bonds is 2. The summed E-state index contributed by atoms with van der Waals surface area (Å²) in [7, 11) is 0. The van der Waals surface area contributed by atoms with E-state index in [2.05, 4.69) is 6.07 Å². The Bertz CT molecular complexity index is 649. The van der Waals surface area contributed by atoms with Crippen LogP contribution in [0.15, 0.2) is 42.5 Å². The molecule has 0 saturated carbocycles. The van der Waals surface area contributed by atoms with Gasteiger partial charge >= 0.3 is 105 Å². The van der Waals surface area contributed by atoms with Crippen LogP contribution in [0.4, 0.5) is 0 Å². The first-order valence-electron chi connectivity index (χ1n) is 5.15. The molecular weight excluding hydrogens is 277 g/mol. The summed E-state index contributed by atoms with van der Waals surface area (Å²) >= 11 is 0.367. The van der Waals surface area contributed by atoms with Gasteiger partial charge in [-0.3, -0.25) is 0 Å². The second kappa shape index (κ2) is 3.85. The Kier molecular flexibility index (Phi) is 2.33. The monoisotopic (exact) mass is 285 g/mol. The fourth-order valence-electron chi connectivity index (χ4n) is 1.76. The molecule has 2 aliphatic rings. The molecule has 0 radical (unpaired) electrons. The number of hydrogen-bond acceptors (Lipinski definition) is 2. The summed E-state index contributed by atoms with van der Waals surface area (Å²) in [5.74, 6) is 0.0533. The summed E-state index contributed by atoms with van der Waals surface area (Å²) in [5, 5.41) is 8.70. The normalized spacial score (nSPS) is 11.5. The molecule has 2 aromatic rings. The van der Waals surface area contributed by atoms with Crippen molar-refractivity contribution < 1.29 is 4.79 Å². The predicted octanol–water partition coefficient (Wildman–Crippen LogP) is 0.758. The van der Waals surface area contributed by atoms with Gasteiger partial charge in [-0.15, -0.1) is 0 Å². The Hall–Kier alpha value is -1.88. The van der Waals surface area contributed by atoms with E-state index in [1.54, 1.807) is 24.3 Å². The second-order valence-corrected chi connectivity index (χ2v) is 6.12. The van der Waals surface area contributed by atoms with Crippen molar-refractivity contribution in [2.24, 2.45) is 0 Å². The molecule has 3 heteroatoms. The zero-order valence-corrected chi connectivity index (χ0v) is 10.5. The predicted molar refractivity (Wildman–Crippen MR) is 66.1 cm³/mol. The Morgan fingerprint density at radius 2 is 1.82 bits per heavy atom. The standard InChI is InChI=1S/C14H7NOSe/c15-8-9-1-3-10(4-2-9)14(16)12-6-5-11-7-13(12)17-11/h1-7H. The van der Waals surface area contributed by atoms with E-state index < -0.39 is 0 Å². The maximum absolute atomic E-state index is 12.2. The molecule has 0 atom stereocenters. The number of ketones is 1. The minimum absolute atomic E-state index is 0.0533. The molecule has 0 aliphatic carbocycles. The quantitative estimate of drug-likeness (QED) is 0.515. The van der Waals surface area contributed by atoms with Crippen molar-refractivity contribution in [1.82, 2.24) is 0 Å². The van der Waals surface area contributed by atoms with E-state index in [-0.39, 0.29) is 5.78 Å². The first-order valence-corrected chi connectivity index (χ1v) is 6.86. The molecule has 2 heterocycles. The molecule has 4 rings (SSSR count). The van der Waals surface area contributed by atoms with Crippen LogP contribution in [0.3, 0.4) is 0 Å². The van der Waals surface area contributed by atoms with Gasteiger partial charge in [-0.2, -0.15) is 0 Å². The molecule has 0 amide bonds.